The Morgan fingerprint density at radius 1 is 1.12 bits per heavy atom. The molecule has 0 aliphatic heterocycles. The Kier molecular flexibility index (Phi) is 5.05. The van der Waals surface area contributed by atoms with Gasteiger partial charge >= 0.3 is 12.2 Å². The lowest BCUT2D eigenvalue weighted by atomic mass is 9.94. The zero-order valence-electron chi connectivity index (χ0n) is 9.44. The smallest absolute Gasteiger partial charge is 0.419 e. The predicted molar refractivity (Wildman–Crippen MR) is 61.6 cm³/mol. The van der Waals surface area contributed by atoms with Crippen LogP contribution in [0.4, 0.5) is 9.59 Å². The molecule has 1 aliphatic carbocycles. The number of hydrogen-bond donors (Lipinski definition) is 0. The molecule has 0 aromatic heterocycles. The lowest BCUT2D eigenvalue weighted by Gasteiger charge is -2.34. The molecule has 0 N–H and O–H groups in total. The van der Waals surface area contributed by atoms with Crippen molar-refractivity contribution in [2.24, 2.45) is 0 Å². The number of ether oxygens (including phenoxy) is 2. The average Bonchev–Trinajstić information content (AvgIpc) is 2.31. The molecule has 0 radical (unpaired) electrons. The number of amides is 2. The lowest BCUT2D eigenvalue weighted by molar-refractivity contribution is 0.0770. The summed E-state index contributed by atoms with van der Waals surface area (Å²) >= 11 is 3.49. The number of imide groups is 1. The predicted octanol–water partition coefficient (Wildman–Crippen LogP) is 2.53. The van der Waals surface area contributed by atoms with Crippen LogP contribution in [0.5, 0.6) is 0 Å². The van der Waals surface area contributed by atoms with Crippen molar-refractivity contribution in [3.8, 4) is 0 Å². The fraction of sp³-hybridized carbons (Fsp3) is 0.800. The molecule has 2 amide bonds. The van der Waals surface area contributed by atoms with Crippen LogP contribution in [-0.2, 0) is 9.47 Å². The Bertz CT molecular complexity index is 256. The molecule has 2 unspecified atom stereocenters. The zero-order chi connectivity index (χ0) is 12.1. The first-order valence-electron chi connectivity index (χ1n) is 5.21. The molecule has 0 spiro atoms. The summed E-state index contributed by atoms with van der Waals surface area (Å²) in [6, 6.07) is -0.186. The lowest BCUT2D eigenvalue weighted by Crippen LogP contribution is -2.49. The van der Waals surface area contributed by atoms with Gasteiger partial charge < -0.3 is 9.47 Å². The molecule has 92 valence electrons. The number of methoxy groups -OCH3 is 2. The summed E-state index contributed by atoms with van der Waals surface area (Å²) in [5.74, 6) is 0. The third-order valence-electron chi connectivity index (χ3n) is 2.72. The SMILES string of the molecule is COC(=O)N(C(=O)OC)C1CCCCC1Br. The van der Waals surface area contributed by atoms with Gasteiger partial charge in [0.2, 0.25) is 0 Å². The van der Waals surface area contributed by atoms with E-state index in [-0.39, 0.29) is 10.9 Å². The van der Waals surface area contributed by atoms with E-state index in [2.05, 4.69) is 25.4 Å². The number of alkyl halides is 1. The van der Waals surface area contributed by atoms with E-state index in [1.54, 1.807) is 0 Å². The minimum Gasteiger partial charge on any atom is -0.452 e. The third kappa shape index (κ3) is 2.87. The monoisotopic (exact) mass is 293 g/mol. The van der Waals surface area contributed by atoms with Gasteiger partial charge in [-0.1, -0.05) is 28.8 Å². The van der Waals surface area contributed by atoms with Crippen LogP contribution in [0, 0.1) is 0 Å². The molecule has 0 aromatic rings. The molecule has 5 nitrogen and oxygen atoms in total. The Morgan fingerprint density at radius 2 is 1.62 bits per heavy atom. The highest BCUT2D eigenvalue weighted by atomic mass is 79.9. The summed E-state index contributed by atoms with van der Waals surface area (Å²) in [5.41, 5.74) is 0. The molecule has 1 aliphatic rings. The van der Waals surface area contributed by atoms with E-state index in [9.17, 15) is 9.59 Å². The second kappa shape index (κ2) is 6.08. The van der Waals surface area contributed by atoms with Gasteiger partial charge in [-0.2, -0.15) is 0 Å². The number of carbonyl (C=O) groups is 2. The molecule has 6 heteroatoms. The molecule has 1 fully saturated rings. The molecule has 16 heavy (non-hydrogen) atoms. The maximum absolute atomic E-state index is 11.5. The molecule has 1 rings (SSSR count). The van der Waals surface area contributed by atoms with Gasteiger partial charge in [-0.15, -0.1) is 0 Å². The van der Waals surface area contributed by atoms with Crippen LogP contribution < -0.4 is 0 Å². The number of carbonyl (C=O) groups excluding carboxylic acids is 2. The van der Waals surface area contributed by atoms with E-state index in [1.165, 1.54) is 14.2 Å². The van der Waals surface area contributed by atoms with Gasteiger partial charge in [0.05, 0.1) is 20.3 Å². The zero-order valence-corrected chi connectivity index (χ0v) is 11.0. The number of hydrogen-bond acceptors (Lipinski definition) is 4. The maximum Gasteiger partial charge on any atom is 0.419 e. The van der Waals surface area contributed by atoms with E-state index in [0.717, 1.165) is 30.6 Å². The topological polar surface area (TPSA) is 55.8 Å². The van der Waals surface area contributed by atoms with Crippen LogP contribution in [0.3, 0.4) is 0 Å². The quantitative estimate of drug-likeness (QED) is 0.697. The number of halogens is 1. The largest absolute Gasteiger partial charge is 0.452 e. The Morgan fingerprint density at radius 3 is 2.06 bits per heavy atom. The van der Waals surface area contributed by atoms with Gasteiger partial charge in [0.25, 0.3) is 0 Å². The van der Waals surface area contributed by atoms with E-state index in [1.807, 2.05) is 0 Å². The van der Waals surface area contributed by atoms with Crippen molar-refractivity contribution in [1.82, 2.24) is 4.90 Å². The minimum atomic E-state index is -0.664. The van der Waals surface area contributed by atoms with Gasteiger partial charge in [-0.3, -0.25) is 0 Å². The summed E-state index contributed by atoms with van der Waals surface area (Å²) in [6.45, 7) is 0. The van der Waals surface area contributed by atoms with Crippen LogP contribution in [0.1, 0.15) is 25.7 Å². The fourth-order valence-electron chi connectivity index (χ4n) is 1.90. The molecular weight excluding hydrogens is 278 g/mol. The first kappa shape index (κ1) is 13.3. The van der Waals surface area contributed by atoms with E-state index in [0.29, 0.717) is 0 Å². The summed E-state index contributed by atoms with van der Waals surface area (Å²) in [4.78, 5) is 24.2. The molecule has 1 saturated carbocycles. The van der Waals surface area contributed by atoms with E-state index in [4.69, 9.17) is 0 Å². The van der Waals surface area contributed by atoms with E-state index < -0.39 is 12.2 Å². The standard InChI is InChI=1S/C10H16BrNO4/c1-15-9(13)12(10(14)16-2)8-6-4-3-5-7(8)11/h7-8H,3-6H2,1-2H3. The summed E-state index contributed by atoms with van der Waals surface area (Å²) in [6.07, 6.45) is 2.49. The van der Waals surface area contributed by atoms with Crippen LogP contribution in [0.15, 0.2) is 0 Å². The number of rotatable bonds is 1. The van der Waals surface area contributed by atoms with Gasteiger partial charge in [0, 0.05) is 4.83 Å². The molecule has 0 saturated heterocycles. The van der Waals surface area contributed by atoms with Crippen LogP contribution in [0.2, 0.25) is 0 Å². The van der Waals surface area contributed by atoms with Crippen molar-refractivity contribution in [2.75, 3.05) is 14.2 Å². The Balaban J connectivity index is 2.81. The summed E-state index contributed by atoms with van der Waals surface area (Å²) in [7, 11) is 2.51. The normalized spacial score (nSPS) is 24.7. The second-order valence-electron chi connectivity index (χ2n) is 3.68. The van der Waals surface area contributed by atoms with Crippen molar-refractivity contribution in [3.05, 3.63) is 0 Å². The summed E-state index contributed by atoms with van der Waals surface area (Å²) < 4.78 is 9.20. The first-order valence-corrected chi connectivity index (χ1v) is 6.12. The van der Waals surface area contributed by atoms with Crippen molar-refractivity contribution in [2.45, 2.75) is 36.6 Å². The first-order chi connectivity index (χ1) is 7.61. The Hall–Kier alpha value is -0.780. The minimum absolute atomic E-state index is 0.111. The fourth-order valence-corrected chi connectivity index (χ4v) is 2.72. The van der Waals surface area contributed by atoms with E-state index >= 15 is 0 Å². The molecular formula is C10H16BrNO4. The van der Waals surface area contributed by atoms with Gasteiger partial charge in [0.1, 0.15) is 0 Å². The number of nitrogens with zero attached hydrogens (tertiary/aromatic N) is 1. The van der Waals surface area contributed by atoms with Crippen molar-refractivity contribution >= 4 is 28.1 Å². The van der Waals surface area contributed by atoms with Gasteiger partial charge in [-0.05, 0) is 12.8 Å². The summed E-state index contributed by atoms with van der Waals surface area (Å²) in [5, 5.41) is 0. The molecule has 2 atom stereocenters. The highest BCUT2D eigenvalue weighted by Gasteiger charge is 2.37. The van der Waals surface area contributed by atoms with Crippen LogP contribution in [0.25, 0.3) is 0 Å². The molecule has 0 bridgehead atoms. The third-order valence-corrected chi connectivity index (χ3v) is 3.79. The van der Waals surface area contributed by atoms with Crippen molar-refractivity contribution < 1.29 is 19.1 Å². The van der Waals surface area contributed by atoms with Crippen molar-refractivity contribution in [1.29, 1.82) is 0 Å². The molecule has 0 heterocycles. The maximum atomic E-state index is 11.5. The highest BCUT2D eigenvalue weighted by Crippen LogP contribution is 2.29. The van der Waals surface area contributed by atoms with Crippen LogP contribution in [-0.4, -0.2) is 42.2 Å². The van der Waals surface area contributed by atoms with Gasteiger partial charge in [0.15, 0.2) is 0 Å². The van der Waals surface area contributed by atoms with Gasteiger partial charge in [-0.25, -0.2) is 14.5 Å². The average molecular weight is 294 g/mol. The van der Waals surface area contributed by atoms with Crippen LogP contribution >= 0.6 is 15.9 Å². The Labute approximate surface area is 103 Å². The van der Waals surface area contributed by atoms with Crippen molar-refractivity contribution in [3.63, 3.8) is 0 Å². The highest BCUT2D eigenvalue weighted by molar-refractivity contribution is 9.09. The second-order valence-corrected chi connectivity index (χ2v) is 4.85. The molecule has 0 aromatic carbocycles.